The highest BCUT2D eigenvalue weighted by atomic mass is 16.5. The van der Waals surface area contributed by atoms with Gasteiger partial charge in [0.1, 0.15) is 11.5 Å². The second-order valence-electron chi connectivity index (χ2n) is 4.33. The molecule has 0 N–H and O–H groups in total. The fraction of sp³-hybridized carbons (Fsp3) is 0.312. The van der Waals surface area contributed by atoms with Gasteiger partial charge in [0.15, 0.2) is 0 Å². The first-order chi connectivity index (χ1) is 9.53. The van der Waals surface area contributed by atoms with Crippen LogP contribution in [-0.2, 0) is 11.3 Å². The summed E-state index contributed by atoms with van der Waals surface area (Å²) in [6.07, 6.45) is 3.46. The Kier molecular flexibility index (Phi) is 5.84. The van der Waals surface area contributed by atoms with Crippen LogP contribution in [0, 0.1) is 0 Å². The fourth-order valence-corrected chi connectivity index (χ4v) is 1.92. The van der Waals surface area contributed by atoms with E-state index in [4.69, 9.17) is 9.47 Å². The molecule has 0 aliphatic heterocycles. The Balaban J connectivity index is 3.13. The smallest absolute Gasteiger partial charge is 0.223 e. The van der Waals surface area contributed by atoms with Crippen LogP contribution in [0.5, 0.6) is 11.5 Å². The Bertz CT molecular complexity index is 520. The van der Waals surface area contributed by atoms with Gasteiger partial charge < -0.3 is 14.4 Å². The van der Waals surface area contributed by atoms with E-state index in [2.05, 4.69) is 6.58 Å². The van der Waals surface area contributed by atoms with Gasteiger partial charge in [-0.05, 0) is 31.2 Å². The summed E-state index contributed by atoms with van der Waals surface area (Å²) in [6, 6.07) is 5.53. The molecule has 1 rings (SSSR count). The highest BCUT2D eigenvalue weighted by Crippen LogP contribution is 2.26. The summed E-state index contributed by atoms with van der Waals surface area (Å²) in [5, 5.41) is 0. The van der Waals surface area contributed by atoms with Crippen molar-refractivity contribution < 1.29 is 14.3 Å². The second kappa shape index (κ2) is 7.38. The van der Waals surface area contributed by atoms with E-state index in [-0.39, 0.29) is 5.91 Å². The number of methoxy groups -OCH3 is 2. The molecule has 108 valence electrons. The number of hydrogen-bond donors (Lipinski definition) is 0. The molecule has 1 aromatic rings. The maximum Gasteiger partial charge on any atom is 0.223 e. The van der Waals surface area contributed by atoms with Gasteiger partial charge >= 0.3 is 0 Å². The van der Waals surface area contributed by atoms with E-state index >= 15 is 0 Å². The van der Waals surface area contributed by atoms with Crippen molar-refractivity contribution in [1.29, 1.82) is 0 Å². The number of benzene rings is 1. The Morgan fingerprint density at radius 3 is 2.50 bits per heavy atom. The Morgan fingerprint density at radius 1 is 1.30 bits per heavy atom. The van der Waals surface area contributed by atoms with Crippen molar-refractivity contribution in [3.63, 3.8) is 0 Å². The van der Waals surface area contributed by atoms with Crippen LogP contribution in [0.4, 0.5) is 0 Å². The zero-order valence-corrected chi connectivity index (χ0v) is 12.5. The molecule has 0 atom stereocenters. The highest BCUT2D eigenvalue weighted by Gasteiger charge is 2.14. The van der Waals surface area contributed by atoms with E-state index in [1.807, 2.05) is 25.1 Å². The standard InChI is InChI=1S/C16H21NO3/c1-6-7-12(2)17(13(3)18)11-14-10-15(19-4)8-9-16(14)20-5/h6-10H,1,11H2,2-5H3/b12-7+. The summed E-state index contributed by atoms with van der Waals surface area (Å²) in [7, 11) is 3.22. The van der Waals surface area contributed by atoms with E-state index in [0.717, 1.165) is 22.8 Å². The molecule has 0 bridgehead atoms. The zero-order chi connectivity index (χ0) is 15.1. The molecule has 1 aromatic carbocycles. The summed E-state index contributed by atoms with van der Waals surface area (Å²) in [4.78, 5) is 13.5. The average molecular weight is 275 g/mol. The van der Waals surface area contributed by atoms with E-state index in [1.54, 1.807) is 31.3 Å². The van der Waals surface area contributed by atoms with Crippen molar-refractivity contribution in [2.75, 3.05) is 14.2 Å². The normalized spacial score (nSPS) is 10.9. The summed E-state index contributed by atoms with van der Waals surface area (Å²) >= 11 is 0. The number of nitrogens with zero attached hydrogens (tertiary/aromatic N) is 1. The molecule has 0 saturated heterocycles. The van der Waals surface area contributed by atoms with Crippen LogP contribution in [-0.4, -0.2) is 25.0 Å². The maximum absolute atomic E-state index is 11.8. The van der Waals surface area contributed by atoms with Crippen LogP contribution in [0.25, 0.3) is 0 Å². The lowest BCUT2D eigenvalue weighted by Crippen LogP contribution is -2.26. The molecule has 0 spiro atoms. The van der Waals surface area contributed by atoms with Gasteiger partial charge in [0.2, 0.25) is 5.91 Å². The largest absolute Gasteiger partial charge is 0.497 e. The van der Waals surface area contributed by atoms with Crippen molar-refractivity contribution >= 4 is 5.91 Å². The number of ether oxygens (including phenoxy) is 2. The summed E-state index contributed by atoms with van der Waals surface area (Å²) in [5.74, 6) is 1.42. The average Bonchev–Trinajstić information content (AvgIpc) is 2.44. The van der Waals surface area contributed by atoms with E-state index in [0.29, 0.717) is 6.54 Å². The lowest BCUT2D eigenvalue weighted by atomic mass is 10.1. The van der Waals surface area contributed by atoms with Crippen LogP contribution in [0.2, 0.25) is 0 Å². The number of amides is 1. The maximum atomic E-state index is 11.8. The first-order valence-electron chi connectivity index (χ1n) is 6.31. The molecule has 0 radical (unpaired) electrons. The predicted molar refractivity (Wildman–Crippen MR) is 79.7 cm³/mol. The van der Waals surface area contributed by atoms with E-state index < -0.39 is 0 Å². The Hall–Kier alpha value is -2.23. The predicted octanol–water partition coefficient (Wildman–Crippen LogP) is 3.14. The number of hydrogen-bond acceptors (Lipinski definition) is 3. The molecule has 20 heavy (non-hydrogen) atoms. The fourth-order valence-electron chi connectivity index (χ4n) is 1.92. The number of carbonyl (C=O) groups is 1. The Morgan fingerprint density at radius 2 is 2.00 bits per heavy atom. The summed E-state index contributed by atoms with van der Waals surface area (Å²) < 4.78 is 10.5. The minimum atomic E-state index is -0.0366. The lowest BCUT2D eigenvalue weighted by molar-refractivity contribution is -0.127. The van der Waals surface area contributed by atoms with Crippen molar-refractivity contribution in [3.8, 4) is 11.5 Å². The highest BCUT2D eigenvalue weighted by molar-refractivity contribution is 5.75. The third-order valence-corrected chi connectivity index (χ3v) is 2.98. The van der Waals surface area contributed by atoms with Gasteiger partial charge in [-0.25, -0.2) is 0 Å². The monoisotopic (exact) mass is 275 g/mol. The molecular weight excluding hydrogens is 254 g/mol. The molecule has 0 saturated carbocycles. The van der Waals surface area contributed by atoms with Crippen LogP contribution in [0.3, 0.4) is 0 Å². The third-order valence-electron chi connectivity index (χ3n) is 2.98. The molecule has 1 amide bonds. The third kappa shape index (κ3) is 3.88. The van der Waals surface area contributed by atoms with Gasteiger partial charge in [0, 0.05) is 18.2 Å². The lowest BCUT2D eigenvalue weighted by Gasteiger charge is -2.23. The van der Waals surface area contributed by atoms with Crippen molar-refractivity contribution in [3.05, 3.63) is 48.2 Å². The van der Waals surface area contributed by atoms with Gasteiger partial charge in [0.05, 0.1) is 20.8 Å². The molecule has 0 unspecified atom stereocenters. The van der Waals surface area contributed by atoms with Crippen molar-refractivity contribution in [2.45, 2.75) is 20.4 Å². The van der Waals surface area contributed by atoms with E-state index in [1.165, 1.54) is 6.92 Å². The van der Waals surface area contributed by atoms with Gasteiger partial charge in [0.25, 0.3) is 0 Å². The van der Waals surface area contributed by atoms with Gasteiger partial charge in [-0.3, -0.25) is 4.79 Å². The quantitative estimate of drug-likeness (QED) is 0.749. The molecule has 0 aliphatic carbocycles. The van der Waals surface area contributed by atoms with Gasteiger partial charge in [-0.15, -0.1) is 0 Å². The van der Waals surface area contributed by atoms with Gasteiger partial charge in [-0.2, -0.15) is 0 Å². The minimum Gasteiger partial charge on any atom is -0.497 e. The Labute approximate surface area is 120 Å². The van der Waals surface area contributed by atoms with Crippen molar-refractivity contribution in [1.82, 2.24) is 4.90 Å². The zero-order valence-electron chi connectivity index (χ0n) is 12.5. The molecule has 4 nitrogen and oxygen atoms in total. The molecule has 0 aliphatic rings. The number of rotatable bonds is 6. The van der Waals surface area contributed by atoms with Crippen LogP contribution < -0.4 is 9.47 Å². The number of allylic oxidation sites excluding steroid dienone is 3. The first kappa shape index (κ1) is 15.8. The number of carbonyl (C=O) groups excluding carboxylic acids is 1. The minimum absolute atomic E-state index is 0.0366. The van der Waals surface area contributed by atoms with E-state index in [9.17, 15) is 4.79 Å². The summed E-state index contributed by atoms with van der Waals surface area (Å²) in [6.45, 7) is 7.48. The molecule has 4 heteroatoms. The SMILES string of the molecule is C=C/C=C(\C)N(Cc1cc(OC)ccc1OC)C(C)=O. The molecule has 0 aromatic heterocycles. The topological polar surface area (TPSA) is 38.8 Å². The van der Waals surface area contributed by atoms with Crippen molar-refractivity contribution in [2.24, 2.45) is 0 Å². The second-order valence-corrected chi connectivity index (χ2v) is 4.33. The van der Waals surface area contributed by atoms with Crippen LogP contribution in [0.1, 0.15) is 19.4 Å². The molecule has 0 fully saturated rings. The molecule has 0 heterocycles. The molecular formula is C16H21NO3. The van der Waals surface area contributed by atoms with Crippen LogP contribution in [0.15, 0.2) is 42.6 Å². The summed E-state index contributed by atoms with van der Waals surface area (Å²) in [5.41, 5.74) is 1.72. The van der Waals surface area contributed by atoms with Crippen LogP contribution >= 0.6 is 0 Å². The first-order valence-corrected chi connectivity index (χ1v) is 6.31. The van der Waals surface area contributed by atoms with Gasteiger partial charge in [-0.1, -0.05) is 12.7 Å².